The molecular formula is C17H25N3O3S. The van der Waals surface area contributed by atoms with E-state index in [0.717, 1.165) is 19.3 Å². The van der Waals surface area contributed by atoms with Gasteiger partial charge in [-0.05, 0) is 69.2 Å². The molecule has 0 radical (unpaired) electrons. The quantitative estimate of drug-likeness (QED) is 0.751. The van der Waals surface area contributed by atoms with E-state index in [2.05, 4.69) is 10.0 Å². The Kier molecular flexibility index (Phi) is 4.68. The molecule has 0 aromatic heterocycles. The Morgan fingerprint density at radius 3 is 2.33 bits per heavy atom. The highest BCUT2D eigenvalue weighted by Gasteiger charge is 2.49. The van der Waals surface area contributed by atoms with Gasteiger partial charge in [0.15, 0.2) is 0 Å². The summed E-state index contributed by atoms with van der Waals surface area (Å²) in [6.45, 7) is 3.54. The van der Waals surface area contributed by atoms with E-state index >= 15 is 0 Å². The summed E-state index contributed by atoms with van der Waals surface area (Å²) >= 11 is 0. The minimum atomic E-state index is -3.52. The Hall–Kier alpha value is -1.44. The van der Waals surface area contributed by atoms with E-state index in [1.807, 2.05) is 0 Å². The Morgan fingerprint density at radius 1 is 1.17 bits per heavy atom. The molecule has 2 fully saturated rings. The molecule has 4 unspecified atom stereocenters. The molecule has 4 N–H and O–H groups in total. The molecule has 4 atom stereocenters. The zero-order valence-electron chi connectivity index (χ0n) is 14.0. The summed E-state index contributed by atoms with van der Waals surface area (Å²) in [6, 6.07) is 6.01. The third-order valence-corrected chi connectivity index (χ3v) is 6.78. The van der Waals surface area contributed by atoms with Crippen LogP contribution in [0.15, 0.2) is 29.2 Å². The van der Waals surface area contributed by atoms with Crippen LogP contribution in [0.4, 0.5) is 5.69 Å². The Labute approximate surface area is 143 Å². The number of sulfonamides is 1. The monoisotopic (exact) mass is 351 g/mol. The molecule has 7 heteroatoms. The summed E-state index contributed by atoms with van der Waals surface area (Å²) in [4.78, 5) is 12.7. The van der Waals surface area contributed by atoms with Gasteiger partial charge in [-0.3, -0.25) is 4.79 Å². The van der Waals surface area contributed by atoms with Gasteiger partial charge in [0.2, 0.25) is 15.9 Å². The van der Waals surface area contributed by atoms with E-state index in [1.165, 1.54) is 12.1 Å². The fourth-order valence-corrected chi connectivity index (χ4v) is 5.30. The molecule has 1 aromatic rings. The number of nitrogens with one attached hydrogen (secondary N) is 2. The van der Waals surface area contributed by atoms with Crippen LogP contribution < -0.4 is 15.8 Å². The smallest absolute Gasteiger partial charge is 0.240 e. The van der Waals surface area contributed by atoms with Crippen LogP contribution in [0.3, 0.4) is 0 Å². The largest absolute Gasteiger partial charge is 0.327 e. The molecule has 0 spiro atoms. The van der Waals surface area contributed by atoms with Gasteiger partial charge in [0, 0.05) is 17.8 Å². The molecule has 0 aliphatic heterocycles. The molecule has 0 saturated heterocycles. The summed E-state index contributed by atoms with van der Waals surface area (Å²) < 4.78 is 26.7. The van der Waals surface area contributed by atoms with Gasteiger partial charge in [-0.2, -0.15) is 0 Å². The zero-order valence-corrected chi connectivity index (χ0v) is 14.8. The minimum absolute atomic E-state index is 0.0504. The number of hydrogen-bond acceptors (Lipinski definition) is 4. The third-order valence-electron chi connectivity index (χ3n) is 5.11. The average Bonchev–Trinajstić information content (AvgIpc) is 3.07. The summed E-state index contributed by atoms with van der Waals surface area (Å²) in [5, 5.41) is 2.88. The van der Waals surface area contributed by atoms with Gasteiger partial charge in [0.25, 0.3) is 0 Å². The lowest BCUT2D eigenvalue weighted by atomic mass is 9.84. The van der Waals surface area contributed by atoms with Crippen molar-refractivity contribution >= 4 is 21.6 Å². The molecule has 1 amide bonds. The van der Waals surface area contributed by atoms with Crippen molar-refractivity contribution in [1.82, 2.24) is 4.72 Å². The standard InChI is InChI=1S/C17H25N3O3S/c1-10(2)20-24(22,23)14-7-5-13(6-8-14)19-17(21)15-11-3-4-12(9-11)16(15)18/h5-8,10-12,15-16,20H,3-4,9,18H2,1-2H3,(H,19,21). The molecule has 1 aromatic carbocycles. The number of benzene rings is 1. The predicted molar refractivity (Wildman–Crippen MR) is 92.8 cm³/mol. The molecule has 3 rings (SSSR count). The van der Waals surface area contributed by atoms with Gasteiger partial charge in [0.05, 0.1) is 10.8 Å². The number of carbonyl (C=O) groups excluding carboxylic acids is 1. The van der Waals surface area contributed by atoms with E-state index < -0.39 is 10.0 Å². The van der Waals surface area contributed by atoms with Crippen molar-refractivity contribution in [3.05, 3.63) is 24.3 Å². The van der Waals surface area contributed by atoms with Crippen molar-refractivity contribution in [3.8, 4) is 0 Å². The van der Waals surface area contributed by atoms with Gasteiger partial charge < -0.3 is 11.1 Å². The highest BCUT2D eigenvalue weighted by molar-refractivity contribution is 7.89. The van der Waals surface area contributed by atoms with Crippen molar-refractivity contribution in [3.63, 3.8) is 0 Å². The molecule has 2 bridgehead atoms. The first-order chi connectivity index (χ1) is 11.3. The first-order valence-corrected chi connectivity index (χ1v) is 9.95. The van der Waals surface area contributed by atoms with E-state index in [9.17, 15) is 13.2 Å². The van der Waals surface area contributed by atoms with Crippen molar-refractivity contribution in [2.24, 2.45) is 23.5 Å². The normalized spacial score (nSPS) is 29.2. The van der Waals surface area contributed by atoms with Crippen LogP contribution in [-0.4, -0.2) is 26.4 Å². The van der Waals surface area contributed by atoms with Crippen LogP contribution in [0.1, 0.15) is 33.1 Å². The van der Waals surface area contributed by atoms with E-state index in [-0.39, 0.29) is 28.8 Å². The number of amides is 1. The number of nitrogens with two attached hydrogens (primary N) is 1. The van der Waals surface area contributed by atoms with Gasteiger partial charge in [0.1, 0.15) is 0 Å². The van der Waals surface area contributed by atoms with Gasteiger partial charge in [-0.15, -0.1) is 0 Å². The number of anilines is 1. The van der Waals surface area contributed by atoms with E-state index in [1.54, 1.807) is 26.0 Å². The summed E-state index contributed by atoms with van der Waals surface area (Å²) in [5.74, 6) is 0.681. The number of hydrogen-bond donors (Lipinski definition) is 3. The van der Waals surface area contributed by atoms with Crippen molar-refractivity contribution < 1.29 is 13.2 Å². The van der Waals surface area contributed by atoms with Gasteiger partial charge in [-0.25, -0.2) is 13.1 Å². The highest BCUT2D eigenvalue weighted by Crippen LogP contribution is 2.47. The first kappa shape index (κ1) is 17.4. The molecule has 6 nitrogen and oxygen atoms in total. The maximum Gasteiger partial charge on any atom is 0.240 e. The van der Waals surface area contributed by atoms with Crippen LogP contribution in [0.5, 0.6) is 0 Å². The number of rotatable bonds is 5. The number of fused-ring (bicyclic) bond motifs is 2. The summed E-state index contributed by atoms with van der Waals surface area (Å²) in [6.07, 6.45) is 3.26. The second kappa shape index (κ2) is 6.46. The van der Waals surface area contributed by atoms with Crippen molar-refractivity contribution in [1.29, 1.82) is 0 Å². The fourth-order valence-electron chi connectivity index (χ4n) is 4.05. The lowest BCUT2D eigenvalue weighted by molar-refractivity contribution is -0.121. The van der Waals surface area contributed by atoms with Crippen LogP contribution >= 0.6 is 0 Å². The van der Waals surface area contributed by atoms with Crippen LogP contribution in [0, 0.1) is 17.8 Å². The molecule has 2 aliphatic rings. The van der Waals surface area contributed by atoms with Crippen molar-refractivity contribution in [2.45, 2.75) is 50.1 Å². The van der Waals surface area contributed by atoms with Crippen LogP contribution in [-0.2, 0) is 14.8 Å². The lowest BCUT2D eigenvalue weighted by Crippen LogP contribution is -2.42. The topological polar surface area (TPSA) is 101 Å². The Bertz CT molecular complexity index is 713. The van der Waals surface area contributed by atoms with Crippen molar-refractivity contribution in [2.75, 3.05) is 5.32 Å². The first-order valence-electron chi connectivity index (χ1n) is 8.47. The molecule has 132 valence electrons. The zero-order chi connectivity index (χ0) is 17.5. The van der Waals surface area contributed by atoms with Gasteiger partial charge >= 0.3 is 0 Å². The lowest BCUT2D eigenvalue weighted by Gasteiger charge is -2.27. The second-order valence-corrected chi connectivity index (χ2v) is 8.94. The molecule has 2 aliphatic carbocycles. The SMILES string of the molecule is CC(C)NS(=O)(=O)c1ccc(NC(=O)C2C3CCC(C3)C2N)cc1. The average molecular weight is 351 g/mol. The molecule has 2 saturated carbocycles. The van der Waals surface area contributed by atoms with Crippen LogP contribution in [0.25, 0.3) is 0 Å². The predicted octanol–water partition coefficient (Wildman–Crippen LogP) is 1.69. The summed E-state index contributed by atoms with van der Waals surface area (Å²) in [7, 11) is -3.52. The minimum Gasteiger partial charge on any atom is -0.327 e. The maximum absolute atomic E-state index is 12.5. The number of carbonyl (C=O) groups is 1. The maximum atomic E-state index is 12.5. The van der Waals surface area contributed by atoms with Gasteiger partial charge in [-0.1, -0.05) is 0 Å². The summed E-state index contributed by atoms with van der Waals surface area (Å²) in [5.41, 5.74) is 6.79. The Balaban J connectivity index is 1.67. The third kappa shape index (κ3) is 3.34. The highest BCUT2D eigenvalue weighted by atomic mass is 32.2. The Morgan fingerprint density at radius 2 is 1.79 bits per heavy atom. The molecule has 0 heterocycles. The second-order valence-electron chi connectivity index (χ2n) is 7.23. The van der Waals surface area contributed by atoms with Crippen LogP contribution in [0.2, 0.25) is 0 Å². The molecular weight excluding hydrogens is 326 g/mol. The van der Waals surface area contributed by atoms with E-state index in [0.29, 0.717) is 17.5 Å². The fraction of sp³-hybridized carbons (Fsp3) is 0.588. The van der Waals surface area contributed by atoms with E-state index in [4.69, 9.17) is 5.73 Å². The molecule has 24 heavy (non-hydrogen) atoms.